The molecule has 0 spiro atoms. The number of aromatic amines is 1. The Kier molecular flexibility index (Phi) is 5.93. The molecule has 1 aromatic heterocycles. The molecule has 2 heterocycles. The maximum Gasteiger partial charge on any atom is 0.227 e. The van der Waals surface area contributed by atoms with Crippen molar-refractivity contribution in [2.24, 2.45) is 17.3 Å². The van der Waals surface area contributed by atoms with E-state index in [0.717, 1.165) is 87.0 Å². The van der Waals surface area contributed by atoms with Gasteiger partial charge >= 0.3 is 0 Å². The lowest BCUT2D eigenvalue weighted by atomic mass is 9.69. The second-order valence-corrected chi connectivity index (χ2v) is 9.71. The molecule has 1 aromatic carbocycles. The molecule has 1 saturated heterocycles. The molecule has 2 aliphatic rings. The fourth-order valence-electron chi connectivity index (χ4n) is 4.65. The van der Waals surface area contributed by atoms with E-state index in [9.17, 15) is 4.79 Å². The van der Waals surface area contributed by atoms with E-state index in [2.05, 4.69) is 36.0 Å². The smallest absolute Gasteiger partial charge is 0.227 e. The number of morpholine rings is 1. The number of rotatable bonds is 4. The second kappa shape index (κ2) is 8.44. The van der Waals surface area contributed by atoms with Crippen LogP contribution in [0.15, 0.2) is 18.2 Å². The first-order valence-corrected chi connectivity index (χ1v) is 11.0. The highest BCUT2D eigenvalue weighted by molar-refractivity contribution is 5.94. The Bertz CT molecular complexity index is 840. The lowest BCUT2D eigenvalue weighted by Gasteiger charge is -2.36. The van der Waals surface area contributed by atoms with Crippen molar-refractivity contribution in [2.45, 2.75) is 53.0 Å². The van der Waals surface area contributed by atoms with Crippen molar-refractivity contribution < 1.29 is 9.53 Å². The van der Waals surface area contributed by atoms with Crippen LogP contribution in [0.4, 0.5) is 5.69 Å². The predicted octanol–water partition coefficient (Wildman–Crippen LogP) is 4.19. The maximum absolute atomic E-state index is 12.8. The molecule has 1 saturated carbocycles. The number of ether oxygens (including phenoxy) is 1. The Morgan fingerprint density at radius 1 is 1.21 bits per heavy atom. The van der Waals surface area contributed by atoms with E-state index in [1.165, 1.54) is 0 Å². The van der Waals surface area contributed by atoms with E-state index in [-0.39, 0.29) is 11.8 Å². The quantitative estimate of drug-likeness (QED) is 0.810. The average molecular weight is 399 g/mol. The minimum atomic E-state index is 0.128. The molecule has 4 rings (SSSR count). The summed E-state index contributed by atoms with van der Waals surface area (Å²) in [7, 11) is 0. The SMILES string of the molecule is CC(C)(C)C1CCC(C(=O)Nc2ccc3nc(CN4CCOCC4)[nH]c3c2)CC1. The van der Waals surface area contributed by atoms with Crippen molar-refractivity contribution in [3.05, 3.63) is 24.0 Å². The summed E-state index contributed by atoms with van der Waals surface area (Å²) in [6, 6.07) is 5.95. The van der Waals surface area contributed by atoms with Crippen LogP contribution >= 0.6 is 0 Å². The van der Waals surface area contributed by atoms with Gasteiger partial charge in [-0.15, -0.1) is 0 Å². The molecule has 0 bridgehead atoms. The molecule has 1 aliphatic carbocycles. The zero-order valence-corrected chi connectivity index (χ0v) is 18.0. The number of carbonyl (C=O) groups excluding carboxylic acids is 1. The summed E-state index contributed by atoms with van der Waals surface area (Å²) in [4.78, 5) is 23.2. The van der Waals surface area contributed by atoms with E-state index in [1.807, 2.05) is 18.2 Å². The fourth-order valence-corrected chi connectivity index (χ4v) is 4.65. The van der Waals surface area contributed by atoms with Gasteiger partial charge in [-0.25, -0.2) is 4.98 Å². The number of imidazole rings is 1. The zero-order valence-electron chi connectivity index (χ0n) is 18.0. The third-order valence-electron chi connectivity index (χ3n) is 6.60. The van der Waals surface area contributed by atoms with E-state index < -0.39 is 0 Å². The highest BCUT2D eigenvalue weighted by atomic mass is 16.5. The van der Waals surface area contributed by atoms with Crippen LogP contribution in [0, 0.1) is 17.3 Å². The number of anilines is 1. The van der Waals surface area contributed by atoms with Gasteiger partial charge < -0.3 is 15.0 Å². The number of nitrogens with one attached hydrogen (secondary N) is 2. The Morgan fingerprint density at radius 2 is 1.93 bits per heavy atom. The van der Waals surface area contributed by atoms with Gasteiger partial charge in [0.2, 0.25) is 5.91 Å². The summed E-state index contributed by atoms with van der Waals surface area (Å²) in [5.74, 6) is 1.97. The molecule has 1 amide bonds. The Hall–Kier alpha value is -1.92. The number of benzene rings is 1. The minimum Gasteiger partial charge on any atom is -0.379 e. The van der Waals surface area contributed by atoms with E-state index in [0.29, 0.717) is 5.41 Å². The topological polar surface area (TPSA) is 70.2 Å². The van der Waals surface area contributed by atoms with Crippen molar-refractivity contribution in [3.8, 4) is 0 Å². The van der Waals surface area contributed by atoms with Gasteiger partial charge in [0, 0.05) is 24.7 Å². The molecule has 6 heteroatoms. The standard InChI is InChI=1S/C23H34N4O2/c1-23(2,3)17-6-4-16(5-7-17)22(28)24-18-8-9-19-20(14-18)26-21(25-19)15-27-10-12-29-13-11-27/h8-9,14,16-17H,4-7,10-13,15H2,1-3H3,(H,24,28)(H,25,26). The van der Waals surface area contributed by atoms with Crippen LogP contribution in [0.1, 0.15) is 52.3 Å². The first-order chi connectivity index (χ1) is 13.9. The van der Waals surface area contributed by atoms with Gasteiger partial charge in [0.05, 0.1) is 30.8 Å². The number of amides is 1. The van der Waals surface area contributed by atoms with E-state index in [4.69, 9.17) is 9.72 Å². The zero-order chi connectivity index (χ0) is 20.4. The third kappa shape index (κ3) is 4.98. The van der Waals surface area contributed by atoms with Gasteiger partial charge in [-0.3, -0.25) is 9.69 Å². The molecule has 2 N–H and O–H groups in total. The molecule has 6 nitrogen and oxygen atoms in total. The summed E-state index contributed by atoms with van der Waals surface area (Å²) in [5.41, 5.74) is 3.10. The lowest BCUT2D eigenvalue weighted by Crippen LogP contribution is -2.35. The number of hydrogen-bond acceptors (Lipinski definition) is 4. The maximum atomic E-state index is 12.8. The summed E-state index contributed by atoms with van der Waals surface area (Å²) < 4.78 is 5.41. The van der Waals surface area contributed by atoms with Crippen LogP contribution in [0.2, 0.25) is 0 Å². The molecule has 29 heavy (non-hydrogen) atoms. The largest absolute Gasteiger partial charge is 0.379 e. The van der Waals surface area contributed by atoms with Crippen molar-refractivity contribution in [1.82, 2.24) is 14.9 Å². The van der Waals surface area contributed by atoms with Crippen LogP contribution in [-0.2, 0) is 16.1 Å². The second-order valence-electron chi connectivity index (χ2n) is 9.71. The van der Waals surface area contributed by atoms with Gasteiger partial charge in [-0.05, 0) is 55.2 Å². The Labute approximate surface area is 173 Å². The first-order valence-electron chi connectivity index (χ1n) is 11.0. The molecule has 0 radical (unpaired) electrons. The van der Waals surface area contributed by atoms with Gasteiger partial charge in [-0.2, -0.15) is 0 Å². The molecule has 0 atom stereocenters. The minimum absolute atomic E-state index is 0.128. The number of hydrogen-bond donors (Lipinski definition) is 2. The number of nitrogens with zero attached hydrogens (tertiary/aromatic N) is 2. The molecular formula is C23H34N4O2. The van der Waals surface area contributed by atoms with Crippen LogP contribution in [0.5, 0.6) is 0 Å². The number of fused-ring (bicyclic) bond motifs is 1. The molecular weight excluding hydrogens is 364 g/mol. The highest BCUT2D eigenvalue weighted by Gasteiger charge is 2.32. The van der Waals surface area contributed by atoms with Crippen molar-refractivity contribution in [2.75, 3.05) is 31.6 Å². The van der Waals surface area contributed by atoms with Crippen LogP contribution in [-0.4, -0.2) is 47.1 Å². The first kappa shape index (κ1) is 20.4. The van der Waals surface area contributed by atoms with Gasteiger partial charge in [0.15, 0.2) is 0 Å². The van der Waals surface area contributed by atoms with Crippen LogP contribution in [0.3, 0.4) is 0 Å². The molecule has 2 aromatic rings. The van der Waals surface area contributed by atoms with Crippen LogP contribution in [0.25, 0.3) is 11.0 Å². The number of aromatic nitrogens is 2. The Morgan fingerprint density at radius 3 is 2.62 bits per heavy atom. The van der Waals surface area contributed by atoms with Gasteiger partial charge in [0.25, 0.3) is 0 Å². The molecule has 2 fully saturated rings. The summed E-state index contributed by atoms with van der Waals surface area (Å²) >= 11 is 0. The normalized spacial score (nSPS) is 24.0. The van der Waals surface area contributed by atoms with Crippen molar-refractivity contribution in [1.29, 1.82) is 0 Å². The average Bonchev–Trinajstić information content (AvgIpc) is 3.09. The molecule has 158 valence electrons. The molecule has 0 unspecified atom stereocenters. The van der Waals surface area contributed by atoms with Gasteiger partial charge in [0.1, 0.15) is 5.82 Å². The molecule has 1 aliphatic heterocycles. The summed E-state index contributed by atoms with van der Waals surface area (Å²) in [6.45, 7) is 11.2. The van der Waals surface area contributed by atoms with Crippen molar-refractivity contribution in [3.63, 3.8) is 0 Å². The summed E-state index contributed by atoms with van der Waals surface area (Å²) in [6.07, 6.45) is 4.27. The van der Waals surface area contributed by atoms with Crippen LogP contribution < -0.4 is 5.32 Å². The van der Waals surface area contributed by atoms with Crippen molar-refractivity contribution >= 4 is 22.6 Å². The van der Waals surface area contributed by atoms with E-state index in [1.54, 1.807) is 0 Å². The fraction of sp³-hybridized carbons (Fsp3) is 0.652. The number of carbonyl (C=O) groups is 1. The van der Waals surface area contributed by atoms with E-state index >= 15 is 0 Å². The highest BCUT2D eigenvalue weighted by Crippen LogP contribution is 2.40. The lowest BCUT2D eigenvalue weighted by molar-refractivity contribution is -0.121. The monoisotopic (exact) mass is 398 g/mol. The Balaban J connectivity index is 1.36. The summed E-state index contributed by atoms with van der Waals surface area (Å²) in [5, 5.41) is 3.13. The van der Waals surface area contributed by atoms with Gasteiger partial charge in [-0.1, -0.05) is 20.8 Å². The predicted molar refractivity (Wildman–Crippen MR) is 116 cm³/mol. The third-order valence-corrected chi connectivity index (χ3v) is 6.60. The number of H-pyrrole nitrogens is 1.